The lowest BCUT2D eigenvalue weighted by Gasteiger charge is -2.15. The molecule has 3 N–H and O–H groups in total. The van der Waals surface area contributed by atoms with Crippen molar-refractivity contribution < 1.29 is 28.7 Å². The molecule has 9 nitrogen and oxygen atoms in total. The molecule has 0 saturated carbocycles. The Labute approximate surface area is 294 Å². The number of methoxy groups -OCH3 is 1. The number of rotatable bonds is 12. The van der Waals surface area contributed by atoms with Gasteiger partial charge in [0.1, 0.15) is 16.4 Å². The number of thioether (sulfide) groups is 1. The van der Waals surface area contributed by atoms with Crippen molar-refractivity contribution in [3.8, 4) is 5.75 Å². The van der Waals surface area contributed by atoms with Gasteiger partial charge in [-0.1, -0.05) is 48.9 Å². The van der Waals surface area contributed by atoms with E-state index in [0.717, 1.165) is 47.4 Å². The summed E-state index contributed by atoms with van der Waals surface area (Å²) in [4.78, 5) is 54.9. The van der Waals surface area contributed by atoms with Gasteiger partial charge in [-0.2, -0.15) is 0 Å². The first-order valence-corrected chi connectivity index (χ1v) is 17.9. The monoisotopic (exact) mass is 697 g/mol. The first kappa shape index (κ1) is 35.4. The van der Waals surface area contributed by atoms with Crippen molar-refractivity contribution in [3.05, 3.63) is 112 Å². The Morgan fingerprint density at radius 2 is 1.67 bits per heavy atom. The molecule has 1 aliphatic rings. The standard InChI is InChI=1S/C38H39N3O6S2/c1-4-47-38(45)33-29-19-9-6-10-21-32(29)49-37(33)41-34(42)24(2)48-28-18-13-17-27(23-28)39-36(44)30(22-26-16-11-12-20-31(26)46-3)40-35(43)25-14-7-5-8-15-25/h5,7-8,11-18,20,22-24H,4,6,9-10,19,21H2,1-3H3,(H,39,44)(H,40,43)(H,41,42)/b30-22+. The fraction of sp³-hybridized carbons (Fsp3) is 0.263. The Balaban J connectivity index is 1.31. The zero-order valence-electron chi connectivity index (χ0n) is 27.7. The number of hydrogen-bond acceptors (Lipinski definition) is 8. The average Bonchev–Trinajstić information content (AvgIpc) is 3.28. The maximum atomic E-state index is 13.6. The second kappa shape index (κ2) is 17.0. The van der Waals surface area contributed by atoms with Crippen LogP contribution in [0.2, 0.25) is 0 Å². The summed E-state index contributed by atoms with van der Waals surface area (Å²) in [5, 5.41) is 8.64. The Morgan fingerprint density at radius 3 is 2.45 bits per heavy atom. The topological polar surface area (TPSA) is 123 Å². The highest BCUT2D eigenvalue weighted by Crippen LogP contribution is 2.38. The van der Waals surface area contributed by atoms with E-state index in [9.17, 15) is 19.2 Å². The molecule has 3 aromatic carbocycles. The third kappa shape index (κ3) is 9.18. The van der Waals surface area contributed by atoms with Gasteiger partial charge in [-0.25, -0.2) is 4.79 Å². The fourth-order valence-electron chi connectivity index (χ4n) is 5.45. The van der Waals surface area contributed by atoms with Crippen LogP contribution in [0.1, 0.15) is 69.8 Å². The lowest BCUT2D eigenvalue weighted by molar-refractivity contribution is -0.115. The van der Waals surface area contributed by atoms with Gasteiger partial charge in [-0.05, 0) is 87.6 Å². The molecule has 0 bridgehead atoms. The van der Waals surface area contributed by atoms with Gasteiger partial charge in [0.15, 0.2) is 0 Å². The van der Waals surface area contributed by atoms with E-state index in [-0.39, 0.29) is 18.2 Å². The first-order valence-electron chi connectivity index (χ1n) is 16.2. The molecule has 1 unspecified atom stereocenters. The summed E-state index contributed by atoms with van der Waals surface area (Å²) in [6.07, 6.45) is 6.41. The highest BCUT2D eigenvalue weighted by molar-refractivity contribution is 8.00. The van der Waals surface area contributed by atoms with E-state index in [1.165, 1.54) is 30.2 Å². The maximum absolute atomic E-state index is 13.6. The summed E-state index contributed by atoms with van der Waals surface area (Å²) in [5.74, 6) is -1.08. The van der Waals surface area contributed by atoms with Crippen LogP contribution in [0.15, 0.2) is 89.5 Å². The summed E-state index contributed by atoms with van der Waals surface area (Å²) in [5.41, 5.74) is 3.00. The van der Waals surface area contributed by atoms with Gasteiger partial charge in [-0.3, -0.25) is 14.4 Å². The number of aryl methyl sites for hydroxylation is 1. The summed E-state index contributed by atoms with van der Waals surface area (Å²) in [7, 11) is 1.54. The number of benzene rings is 3. The molecular weight excluding hydrogens is 659 g/mol. The van der Waals surface area contributed by atoms with Crippen molar-refractivity contribution in [2.45, 2.75) is 56.1 Å². The number of hydrogen-bond donors (Lipinski definition) is 3. The van der Waals surface area contributed by atoms with Crippen LogP contribution in [0.4, 0.5) is 10.7 Å². The number of nitrogens with one attached hydrogen (secondary N) is 3. The van der Waals surface area contributed by atoms with Crippen LogP contribution in [0.5, 0.6) is 5.75 Å². The quantitative estimate of drug-likeness (QED) is 0.0599. The second-order valence-electron chi connectivity index (χ2n) is 11.3. The molecule has 0 saturated heterocycles. The van der Waals surface area contributed by atoms with Crippen LogP contribution < -0.4 is 20.7 Å². The number of carbonyl (C=O) groups is 4. The van der Waals surface area contributed by atoms with Crippen LogP contribution in [0.25, 0.3) is 6.08 Å². The first-order chi connectivity index (χ1) is 23.8. The van der Waals surface area contributed by atoms with Crippen molar-refractivity contribution >= 4 is 63.6 Å². The summed E-state index contributed by atoms with van der Waals surface area (Å²) >= 11 is 2.79. The van der Waals surface area contributed by atoms with Gasteiger partial charge in [0.2, 0.25) is 5.91 Å². The van der Waals surface area contributed by atoms with Crippen molar-refractivity contribution in [2.24, 2.45) is 0 Å². The molecule has 49 heavy (non-hydrogen) atoms. The molecule has 0 spiro atoms. The number of esters is 1. The summed E-state index contributed by atoms with van der Waals surface area (Å²) in [6, 6.07) is 22.9. The number of amides is 3. The highest BCUT2D eigenvalue weighted by atomic mass is 32.2. The summed E-state index contributed by atoms with van der Waals surface area (Å²) in [6.45, 7) is 3.82. The zero-order valence-corrected chi connectivity index (χ0v) is 29.3. The van der Waals surface area contributed by atoms with Crippen LogP contribution in [0, 0.1) is 0 Å². The smallest absolute Gasteiger partial charge is 0.341 e. The molecule has 0 fully saturated rings. The molecule has 1 atom stereocenters. The van der Waals surface area contributed by atoms with E-state index in [2.05, 4.69) is 16.0 Å². The maximum Gasteiger partial charge on any atom is 0.341 e. The number of fused-ring (bicyclic) bond motifs is 1. The molecule has 1 aliphatic carbocycles. The Kier molecular flexibility index (Phi) is 12.3. The van der Waals surface area contributed by atoms with Crippen molar-refractivity contribution in [2.75, 3.05) is 24.4 Å². The van der Waals surface area contributed by atoms with Crippen molar-refractivity contribution in [1.29, 1.82) is 0 Å². The largest absolute Gasteiger partial charge is 0.496 e. The van der Waals surface area contributed by atoms with E-state index in [1.54, 1.807) is 80.6 Å². The molecule has 5 rings (SSSR count). The number of thiophene rings is 1. The molecule has 11 heteroatoms. The van der Waals surface area contributed by atoms with E-state index in [4.69, 9.17) is 9.47 Å². The van der Waals surface area contributed by atoms with Crippen LogP contribution in [0.3, 0.4) is 0 Å². The highest BCUT2D eigenvalue weighted by Gasteiger charge is 2.28. The minimum Gasteiger partial charge on any atom is -0.496 e. The molecule has 1 aromatic heterocycles. The van der Waals surface area contributed by atoms with Crippen molar-refractivity contribution in [3.63, 3.8) is 0 Å². The normalized spacial score (nSPS) is 13.3. The molecule has 4 aromatic rings. The minimum absolute atomic E-state index is 0.0240. The molecule has 0 radical (unpaired) electrons. The fourth-order valence-corrected chi connectivity index (χ4v) is 7.66. The molecule has 1 heterocycles. The molecule has 3 amide bonds. The van der Waals surface area contributed by atoms with E-state index < -0.39 is 23.0 Å². The van der Waals surface area contributed by atoms with E-state index in [1.807, 2.05) is 18.2 Å². The molecule has 254 valence electrons. The van der Waals surface area contributed by atoms with Gasteiger partial charge in [0.25, 0.3) is 11.8 Å². The average molecular weight is 698 g/mol. The van der Waals surface area contributed by atoms with Gasteiger partial charge in [0, 0.05) is 26.6 Å². The number of ether oxygens (including phenoxy) is 2. The zero-order chi connectivity index (χ0) is 34.8. The van der Waals surface area contributed by atoms with E-state index >= 15 is 0 Å². The minimum atomic E-state index is -0.535. The Hall–Kier alpha value is -4.87. The van der Waals surface area contributed by atoms with Crippen molar-refractivity contribution in [1.82, 2.24) is 5.32 Å². The predicted molar refractivity (Wildman–Crippen MR) is 195 cm³/mol. The number of anilines is 2. The Morgan fingerprint density at radius 1 is 0.918 bits per heavy atom. The summed E-state index contributed by atoms with van der Waals surface area (Å²) < 4.78 is 10.8. The van der Waals surface area contributed by atoms with Gasteiger partial charge >= 0.3 is 5.97 Å². The second-order valence-corrected chi connectivity index (χ2v) is 13.9. The predicted octanol–water partition coefficient (Wildman–Crippen LogP) is 7.73. The lowest BCUT2D eigenvalue weighted by Crippen LogP contribution is -2.30. The van der Waals surface area contributed by atoms with Gasteiger partial charge in [0.05, 0.1) is 24.5 Å². The molecule has 0 aliphatic heterocycles. The van der Waals surface area contributed by atoms with E-state index in [0.29, 0.717) is 33.1 Å². The third-order valence-corrected chi connectivity index (χ3v) is 10.2. The van der Waals surface area contributed by atoms with Crippen LogP contribution in [-0.2, 0) is 27.2 Å². The van der Waals surface area contributed by atoms with Gasteiger partial charge < -0.3 is 25.4 Å². The SMILES string of the molecule is CCOC(=O)c1c(NC(=O)C(C)Sc2cccc(NC(=O)/C(=C\c3ccccc3OC)NC(=O)c3ccccc3)c2)sc2c1CCCCC2. The van der Waals surface area contributed by atoms with Gasteiger partial charge in [-0.15, -0.1) is 23.1 Å². The lowest BCUT2D eigenvalue weighted by atomic mass is 10.1. The van der Waals surface area contributed by atoms with Crippen LogP contribution >= 0.6 is 23.1 Å². The Bertz CT molecular complexity index is 1850. The third-order valence-electron chi connectivity index (χ3n) is 7.88. The van der Waals surface area contributed by atoms with Crippen LogP contribution in [-0.4, -0.2) is 42.7 Å². The molecular formula is C38H39N3O6S2. The number of carbonyl (C=O) groups excluding carboxylic acids is 4. The number of para-hydroxylation sites is 1.